The molecule has 1 unspecified atom stereocenters. The smallest absolute Gasteiger partial charge is 0.341 e. The molecule has 18 heavy (non-hydrogen) atoms. The van der Waals surface area contributed by atoms with Gasteiger partial charge in [-0.25, -0.2) is 4.79 Å². The average Bonchev–Trinajstić information content (AvgIpc) is 2.69. The van der Waals surface area contributed by atoms with Gasteiger partial charge < -0.3 is 25.3 Å². The lowest BCUT2D eigenvalue weighted by atomic mass is 10.2. The summed E-state index contributed by atoms with van der Waals surface area (Å²) in [4.78, 5) is 21.9. The number of rotatable bonds is 6. The van der Waals surface area contributed by atoms with Gasteiger partial charge in [0.2, 0.25) is 5.91 Å². The zero-order chi connectivity index (χ0) is 13.7. The molecule has 0 spiro atoms. The molecule has 0 aromatic carbocycles. The molecule has 1 aromatic rings. The molecule has 1 heterocycles. The van der Waals surface area contributed by atoms with Crippen molar-refractivity contribution >= 4 is 11.9 Å². The number of ether oxygens (including phenoxy) is 1. The van der Waals surface area contributed by atoms with E-state index in [1.165, 1.54) is 7.11 Å². The van der Waals surface area contributed by atoms with Crippen LogP contribution in [0.2, 0.25) is 0 Å². The van der Waals surface area contributed by atoms with Crippen LogP contribution >= 0.6 is 0 Å². The van der Waals surface area contributed by atoms with Crippen molar-refractivity contribution < 1.29 is 23.8 Å². The van der Waals surface area contributed by atoms with Crippen LogP contribution in [-0.2, 0) is 16.1 Å². The van der Waals surface area contributed by atoms with Gasteiger partial charge >= 0.3 is 5.97 Å². The van der Waals surface area contributed by atoms with Crippen LogP contribution in [0.25, 0.3) is 0 Å². The van der Waals surface area contributed by atoms with Crippen LogP contribution in [0.1, 0.15) is 21.9 Å². The first kappa shape index (κ1) is 14.2. The number of nitrogens with one attached hydrogen (secondary N) is 1. The van der Waals surface area contributed by atoms with Crippen molar-refractivity contribution in [3.05, 3.63) is 23.2 Å². The largest absolute Gasteiger partial charge is 0.465 e. The number of nitrogens with two attached hydrogens (primary N) is 1. The second-order valence-electron chi connectivity index (χ2n) is 3.72. The molecule has 100 valence electrons. The van der Waals surface area contributed by atoms with Gasteiger partial charge in [0.25, 0.3) is 0 Å². The fourth-order valence-electron chi connectivity index (χ4n) is 1.38. The maximum Gasteiger partial charge on any atom is 0.341 e. The van der Waals surface area contributed by atoms with Gasteiger partial charge in [0.1, 0.15) is 23.2 Å². The molecule has 7 heteroatoms. The Kier molecular flexibility index (Phi) is 4.87. The van der Waals surface area contributed by atoms with Crippen molar-refractivity contribution in [2.24, 2.45) is 5.73 Å². The highest BCUT2D eigenvalue weighted by Crippen LogP contribution is 2.15. The summed E-state index contributed by atoms with van der Waals surface area (Å²) in [5, 5.41) is 11.9. The SMILES string of the molecule is COC(=O)c1cc(CNCC(O)C(N)=O)oc1C. The van der Waals surface area contributed by atoms with Crippen molar-refractivity contribution in [2.45, 2.75) is 19.6 Å². The second-order valence-corrected chi connectivity index (χ2v) is 3.72. The number of aliphatic hydroxyl groups excluding tert-OH is 1. The molecule has 1 rings (SSSR count). The van der Waals surface area contributed by atoms with Gasteiger partial charge in [0.05, 0.1) is 13.7 Å². The van der Waals surface area contributed by atoms with E-state index in [1.807, 2.05) is 0 Å². The van der Waals surface area contributed by atoms with E-state index < -0.39 is 18.0 Å². The van der Waals surface area contributed by atoms with E-state index in [2.05, 4.69) is 10.1 Å². The third kappa shape index (κ3) is 3.57. The van der Waals surface area contributed by atoms with Crippen LogP contribution in [0.15, 0.2) is 10.5 Å². The van der Waals surface area contributed by atoms with E-state index in [0.717, 1.165) is 0 Å². The number of furan rings is 1. The van der Waals surface area contributed by atoms with Gasteiger partial charge in [-0.05, 0) is 13.0 Å². The van der Waals surface area contributed by atoms with Gasteiger partial charge in [-0.1, -0.05) is 0 Å². The standard InChI is InChI=1S/C11H16N2O5/c1-6-8(11(16)17-2)3-7(18-6)4-13-5-9(14)10(12)15/h3,9,13-14H,4-5H2,1-2H3,(H2,12,15). The molecule has 0 fully saturated rings. The maximum atomic E-state index is 11.3. The van der Waals surface area contributed by atoms with Crippen molar-refractivity contribution in [3.8, 4) is 0 Å². The predicted molar refractivity (Wildman–Crippen MR) is 61.7 cm³/mol. The number of aliphatic hydroxyl groups is 1. The van der Waals surface area contributed by atoms with E-state index in [0.29, 0.717) is 17.1 Å². The number of hydrogen-bond acceptors (Lipinski definition) is 6. The highest BCUT2D eigenvalue weighted by atomic mass is 16.5. The summed E-state index contributed by atoms with van der Waals surface area (Å²) in [6.45, 7) is 1.93. The molecule has 0 aliphatic heterocycles. The summed E-state index contributed by atoms with van der Waals surface area (Å²) < 4.78 is 9.90. The normalized spacial score (nSPS) is 12.2. The predicted octanol–water partition coefficient (Wildman–Crippen LogP) is -0.690. The average molecular weight is 256 g/mol. The molecular formula is C11H16N2O5. The molecule has 7 nitrogen and oxygen atoms in total. The number of amides is 1. The second kappa shape index (κ2) is 6.18. The Morgan fingerprint density at radius 3 is 2.83 bits per heavy atom. The molecule has 1 atom stereocenters. The number of methoxy groups -OCH3 is 1. The molecule has 0 bridgehead atoms. The lowest BCUT2D eigenvalue weighted by molar-refractivity contribution is -0.125. The van der Waals surface area contributed by atoms with Gasteiger partial charge in [-0.3, -0.25) is 4.79 Å². The van der Waals surface area contributed by atoms with Crippen LogP contribution in [0, 0.1) is 6.92 Å². The quantitative estimate of drug-likeness (QED) is 0.580. The zero-order valence-corrected chi connectivity index (χ0v) is 10.2. The molecule has 0 aliphatic carbocycles. The van der Waals surface area contributed by atoms with Crippen LogP contribution in [0.5, 0.6) is 0 Å². The third-order valence-electron chi connectivity index (χ3n) is 2.34. The monoisotopic (exact) mass is 256 g/mol. The number of hydrogen-bond donors (Lipinski definition) is 3. The first-order chi connectivity index (χ1) is 8.45. The van der Waals surface area contributed by atoms with E-state index in [1.54, 1.807) is 13.0 Å². The summed E-state index contributed by atoms with van der Waals surface area (Å²) in [6, 6.07) is 1.55. The lowest BCUT2D eigenvalue weighted by Gasteiger charge is -2.06. The Balaban J connectivity index is 2.54. The van der Waals surface area contributed by atoms with Gasteiger partial charge in [-0.15, -0.1) is 0 Å². The van der Waals surface area contributed by atoms with E-state index in [4.69, 9.17) is 15.3 Å². The molecule has 0 saturated heterocycles. The summed E-state index contributed by atoms with van der Waals surface area (Å²) in [5.74, 6) is -0.313. The summed E-state index contributed by atoms with van der Waals surface area (Å²) in [5.41, 5.74) is 5.24. The van der Waals surface area contributed by atoms with Crippen LogP contribution in [-0.4, -0.2) is 36.7 Å². The summed E-state index contributed by atoms with van der Waals surface area (Å²) in [7, 11) is 1.29. The van der Waals surface area contributed by atoms with Crippen molar-refractivity contribution in [3.63, 3.8) is 0 Å². The zero-order valence-electron chi connectivity index (χ0n) is 10.2. The molecule has 0 saturated carbocycles. The van der Waals surface area contributed by atoms with Crippen LogP contribution < -0.4 is 11.1 Å². The third-order valence-corrected chi connectivity index (χ3v) is 2.34. The Morgan fingerprint density at radius 1 is 1.61 bits per heavy atom. The minimum absolute atomic E-state index is 0.0165. The molecule has 1 aromatic heterocycles. The molecule has 1 amide bonds. The fraction of sp³-hybridized carbons (Fsp3) is 0.455. The topological polar surface area (TPSA) is 115 Å². The number of primary amides is 1. The number of carbonyl (C=O) groups is 2. The summed E-state index contributed by atoms with van der Waals surface area (Å²) in [6.07, 6.45) is -1.25. The first-order valence-corrected chi connectivity index (χ1v) is 5.31. The maximum absolute atomic E-state index is 11.3. The Morgan fingerprint density at radius 2 is 2.28 bits per heavy atom. The summed E-state index contributed by atoms with van der Waals surface area (Å²) >= 11 is 0. The van der Waals surface area contributed by atoms with E-state index in [-0.39, 0.29) is 13.1 Å². The van der Waals surface area contributed by atoms with Crippen LogP contribution in [0.4, 0.5) is 0 Å². The highest BCUT2D eigenvalue weighted by Gasteiger charge is 2.15. The van der Waals surface area contributed by atoms with E-state index >= 15 is 0 Å². The molecule has 0 radical (unpaired) electrons. The minimum Gasteiger partial charge on any atom is -0.465 e. The number of aryl methyl sites for hydroxylation is 1. The van der Waals surface area contributed by atoms with Gasteiger partial charge in [0.15, 0.2) is 0 Å². The lowest BCUT2D eigenvalue weighted by Crippen LogP contribution is -2.37. The Hall–Kier alpha value is -1.86. The van der Waals surface area contributed by atoms with Crippen molar-refractivity contribution in [2.75, 3.05) is 13.7 Å². The van der Waals surface area contributed by atoms with E-state index in [9.17, 15) is 9.59 Å². The molecule has 0 aliphatic rings. The Bertz CT molecular complexity index is 441. The highest BCUT2D eigenvalue weighted by molar-refractivity contribution is 5.90. The van der Waals surface area contributed by atoms with Crippen molar-refractivity contribution in [1.82, 2.24) is 5.32 Å². The molecular weight excluding hydrogens is 240 g/mol. The fourth-order valence-corrected chi connectivity index (χ4v) is 1.38. The Labute approximate surface area is 104 Å². The van der Waals surface area contributed by atoms with Gasteiger partial charge in [0, 0.05) is 6.54 Å². The minimum atomic E-state index is -1.25. The van der Waals surface area contributed by atoms with Gasteiger partial charge in [-0.2, -0.15) is 0 Å². The van der Waals surface area contributed by atoms with Crippen LogP contribution in [0.3, 0.4) is 0 Å². The van der Waals surface area contributed by atoms with Crippen molar-refractivity contribution in [1.29, 1.82) is 0 Å². The number of carbonyl (C=O) groups excluding carboxylic acids is 2. The molecule has 4 N–H and O–H groups in total. The first-order valence-electron chi connectivity index (χ1n) is 5.31. The number of esters is 1.